The fourth-order valence-corrected chi connectivity index (χ4v) is 3.82. The average molecular weight is 480 g/mol. The lowest BCUT2D eigenvalue weighted by molar-refractivity contribution is 0.287. The van der Waals surface area contributed by atoms with E-state index in [0.717, 1.165) is 60.6 Å². The van der Waals surface area contributed by atoms with Gasteiger partial charge in [-0.3, -0.25) is 0 Å². The first kappa shape index (κ1) is 23.8. The average Bonchev–Trinajstić information content (AvgIpc) is 2.65. The van der Waals surface area contributed by atoms with Crippen molar-refractivity contribution in [2.45, 2.75) is 64.6 Å². The van der Waals surface area contributed by atoms with Crippen LogP contribution in [0.5, 0.6) is 17.2 Å². The zero-order valence-electron chi connectivity index (χ0n) is 18.5. The van der Waals surface area contributed by atoms with Gasteiger partial charge < -0.3 is 13.9 Å². The lowest BCUT2D eigenvalue weighted by Gasteiger charge is -2.36. The summed E-state index contributed by atoms with van der Waals surface area (Å²) in [5.74, 6) is 2.78. The van der Waals surface area contributed by atoms with Gasteiger partial charge in [0.05, 0.1) is 13.2 Å². The Kier molecular flexibility index (Phi) is 9.09. The molecule has 0 aliphatic carbocycles. The Labute approximate surface area is 186 Å². The van der Waals surface area contributed by atoms with Crippen molar-refractivity contribution in [3.8, 4) is 17.2 Å². The summed E-state index contributed by atoms with van der Waals surface area (Å²) in [5.41, 5.74) is 0. The molecule has 29 heavy (non-hydrogen) atoms. The van der Waals surface area contributed by atoms with Gasteiger partial charge in [-0.15, -0.1) is 0 Å². The zero-order valence-corrected chi connectivity index (χ0v) is 21.1. The highest BCUT2D eigenvalue weighted by Crippen LogP contribution is 2.37. The van der Waals surface area contributed by atoms with Crippen molar-refractivity contribution in [3.63, 3.8) is 0 Å². The first-order chi connectivity index (χ1) is 13.7. The molecule has 0 spiro atoms. The van der Waals surface area contributed by atoms with Gasteiger partial charge in [0.25, 0.3) is 0 Å². The molecule has 0 N–H and O–H groups in total. The molecule has 0 unspecified atom stereocenters. The van der Waals surface area contributed by atoms with Crippen molar-refractivity contribution in [1.82, 2.24) is 0 Å². The lowest BCUT2D eigenvalue weighted by atomic mass is 10.2. The van der Waals surface area contributed by atoms with Gasteiger partial charge in [-0.2, -0.15) is 0 Å². The normalized spacial score (nSPS) is 11.9. The molecule has 0 atom stereocenters. The second-order valence-electron chi connectivity index (χ2n) is 8.90. The maximum Gasteiger partial charge on any atom is 0.250 e. The highest BCUT2D eigenvalue weighted by molar-refractivity contribution is 9.10. The molecule has 0 amide bonds. The molecule has 0 aliphatic heterocycles. The molecule has 0 saturated heterocycles. The number of halogens is 1. The fourth-order valence-electron chi connectivity index (χ4n) is 2.52. The molecule has 160 valence electrons. The third-order valence-electron chi connectivity index (χ3n) is 5.39. The summed E-state index contributed by atoms with van der Waals surface area (Å²) in [4.78, 5) is 0. The highest BCUT2D eigenvalue weighted by atomic mass is 79.9. The predicted octanol–water partition coefficient (Wildman–Crippen LogP) is 7.85. The number of hydrogen-bond donors (Lipinski definition) is 0. The minimum atomic E-state index is -1.79. The van der Waals surface area contributed by atoms with E-state index in [-0.39, 0.29) is 5.04 Å². The Balaban J connectivity index is 1.58. The summed E-state index contributed by atoms with van der Waals surface area (Å²) < 4.78 is 19.0. The van der Waals surface area contributed by atoms with Crippen LogP contribution in [0, 0.1) is 0 Å². The smallest absolute Gasteiger partial charge is 0.250 e. The topological polar surface area (TPSA) is 27.7 Å². The molecule has 0 heterocycles. The van der Waals surface area contributed by atoms with Gasteiger partial charge in [0, 0.05) is 4.47 Å². The van der Waals surface area contributed by atoms with Crippen molar-refractivity contribution in [2.24, 2.45) is 0 Å². The molecular weight excluding hydrogens is 444 g/mol. The number of ether oxygens (including phenoxy) is 2. The van der Waals surface area contributed by atoms with Gasteiger partial charge in [0.15, 0.2) is 0 Å². The molecule has 0 aliphatic rings. The molecule has 0 fully saturated rings. The van der Waals surface area contributed by atoms with Gasteiger partial charge >= 0.3 is 0 Å². The first-order valence-electron chi connectivity index (χ1n) is 10.5. The van der Waals surface area contributed by atoms with Gasteiger partial charge in [-0.1, -0.05) is 36.7 Å². The van der Waals surface area contributed by atoms with Crippen LogP contribution in [0.25, 0.3) is 0 Å². The van der Waals surface area contributed by atoms with E-state index in [2.05, 4.69) is 49.8 Å². The molecule has 0 radical (unpaired) electrons. The van der Waals surface area contributed by atoms with Crippen LogP contribution < -0.4 is 13.9 Å². The monoisotopic (exact) mass is 478 g/mol. The third-order valence-corrected chi connectivity index (χ3v) is 10.3. The summed E-state index contributed by atoms with van der Waals surface area (Å²) in [5, 5.41) is 0.200. The molecule has 0 aromatic heterocycles. The van der Waals surface area contributed by atoms with Crippen molar-refractivity contribution in [3.05, 3.63) is 53.0 Å². The minimum Gasteiger partial charge on any atom is -0.543 e. The van der Waals surface area contributed by atoms with Crippen LogP contribution in [0.4, 0.5) is 0 Å². The largest absolute Gasteiger partial charge is 0.543 e. The minimum absolute atomic E-state index is 0.200. The predicted molar refractivity (Wildman–Crippen MR) is 128 cm³/mol. The van der Waals surface area contributed by atoms with Crippen molar-refractivity contribution in [1.29, 1.82) is 0 Å². The van der Waals surface area contributed by atoms with Crippen LogP contribution in [-0.2, 0) is 0 Å². The maximum atomic E-state index is 6.31. The summed E-state index contributed by atoms with van der Waals surface area (Å²) in [6.45, 7) is 12.8. The molecule has 2 rings (SSSR count). The van der Waals surface area contributed by atoms with E-state index < -0.39 is 8.32 Å². The standard InChI is InChI=1S/C24H35BrO3Si/c1-24(2,3)29(4,5)28-23-16-14-22(15-17-23)27-19-9-7-6-8-18-26-21-12-10-20(25)11-13-21/h10-17H,6-9,18-19H2,1-5H3. The third kappa shape index (κ3) is 8.43. The van der Waals surface area contributed by atoms with E-state index >= 15 is 0 Å². The molecule has 2 aromatic rings. The van der Waals surface area contributed by atoms with E-state index in [1.807, 2.05) is 48.5 Å². The van der Waals surface area contributed by atoms with Crippen LogP contribution in [0.2, 0.25) is 18.1 Å². The lowest BCUT2D eigenvalue weighted by Crippen LogP contribution is -2.43. The Hall–Kier alpha value is -1.46. The van der Waals surface area contributed by atoms with Crippen LogP contribution in [0.1, 0.15) is 46.5 Å². The van der Waals surface area contributed by atoms with Gasteiger partial charge in [-0.25, -0.2) is 0 Å². The number of rotatable bonds is 11. The van der Waals surface area contributed by atoms with Crippen LogP contribution in [-0.4, -0.2) is 21.5 Å². The summed E-state index contributed by atoms with van der Waals surface area (Å²) in [6, 6.07) is 16.0. The summed E-state index contributed by atoms with van der Waals surface area (Å²) >= 11 is 3.43. The summed E-state index contributed by atoms with van der Waals surface area (Å²) in [7, 11) is -1.79. The second kappa shape index (κ2) is 11.1. The van der Waals surface area contributed by atoms with E-state index in [1.165, 1.54) is 0 Å². The number of benzene rings is 2. The summed E-state index contributed by atoms with van der Waals surface area (Å²) in [6.07, 6.45) is 4.42. The van der Waals surface area contributed by atoms with Gasteiger partial charge in [0.1, 0.15) is 17.2 Å². The molecule has 3 nitrogen and oxygen atoms in total. The van der Waals surface area contributed by atoms with Gasteiger partial charge in [-0.05, 0) is 92.3 Å². The Morgan fingerprint density at radius 3 is 1.55 bits per heavy atom. The number of hydrogen-bond acceptors (Lipinski definition) is 3. The van der Waals surface area contributed by atoms with Crippen molar-refractivity contribution < 1.29 is 13.9 Å². The molecule has 0 bridgehead atoms. The van der Waals surface area contributed by atoms with Crippen LogP contribution in [0.3, 0.4) is 0 Å². The quantitative estimate of drug-likeness (QED) is 0.243. The fraction of sp³-hybridized carbons (Fsp3) is 0.500. The second-order valence-corrected chi connectivity index (χ2v) is 14.5. The molecule has 0 saturated carbocycles. The van der Waals surface area contributed by atoms with Crippen LogP contribution >= 0.6 is 15.9 Å². The van der Waals surface area contributed by atoms with Gasteiger partial charge in [0.2, 0.25) is 8.32 Å². The Morgan fingerprint density at radius 2 is 1.10 bits per heavy atom. The molecule has 5 heteroatoms. The molecule has 2 aromatic carbocycles. The molecular formula is C24H35BrO3Si. The zero-order chi connectivity index (χ0) is 21.3. The first-order valence-corrected chi connectivity index (χ1v) is 14.2. The van der Waals surface area contributed by atoms with E-state index in [0.29, 0.717) is 0 Å². The maximum absolute atomic E-state index is 6.31. The van der Waals surface area contributed by atoms with E-state index in [4.69, 9.17) is 13.9 Å². The van der Waals surface area contributed by atoms with Crippen molar-refractivity contribution in [2.75, 3.05) is 13.2 Å². The number of unbranched alkanes of at least 4 members (excludes halogenated alkanes) is 3. The Bertz CT molecular complexity index is 721. The van der Waals surface area contributed by atoms with E-state index in [9.17, 15) is 0 Å². The van der Waals surface area contributed by atoms with E-state index in [1.54, 1.807) is 0 Å². The van der Waals surface area contributed by atoms with Crippen LogP contribution in [0.15, 0.2) is 53.0 Å². The SMILES string of the molecule is CC(C)(C)[Si](C)(C)Oc1ccc(OCCCCCCOc2ccc(Br)cc2)cc1. The Morgan fingerprint density at radius 1 is 0.690 bits per heavy atom. The highest BCUT2D eigenvalue weighted by Gasteiger charge is 2.38. The van der Waals surface area contributed by atoms with Crippen molar-refractivity contribution >= 4 is 24.2 Å².